The van der Waals surface area contributed by atoms with Crippen molar-refractivity contribution in [3.05, 3.63) is 23.3 Å². The van der Waals surface area contributed by atoms with Crippen molar-refractivity contribution in [3.63, 3.8) is 0 Å². The standard InChI is InChI=1S/C33H60O3Si/c1-23-21-25(22-29(30(23)34)36-37(10,11)32(6,7)8)14-15-26-13-12-18-33(9)27(16-17-28(26)33)24(2)35-20-19-31(3,4)5/h14-15,23-24,27-30,34H,12-13,16-22H2,1-11H3/b25-14-,26-15+/t23-,24-,27?,28?,29-,30?,33?/m1/s1. The van der Waals surface area contributed by atoms with Crippen molar-refractivity contribution in [2.45, 2.75) is 150 Å². The lowest BCUT2D eigenvalue weighted by molar-refractivity contribution is -0.0318. The first-order chi connectivity index (χ1) is 16.9. The molecule has 3 rings (SSSR count). The van der Waals surface area contributed by atoms with E-state index in [1.54, 1.807) is 5.57 Å². The Morgan fingerprint density at radius 3 is 2.38 bits per heavy atom. The number of rotatable bonds is 7. The summed E-state index contributed by atoms with van der Waals surface area (Å²) in [6.07, 6.45) is 14.2. The summed E-state index contributed by atoms with van der Waals surface area (Å²) in [5.74, 6) is 1.58. The van der Waals surface area contributed by atoms with Crippen LogP contribution >= 0.6 is 0 Å². The first-order valence-electron chi connectivity index (χ1n) is 15.3. The number of ether oxygens (including phenoxy) is 1. The van der Waals surface area contributed by atoms with Gasteiger partial charge in [-0.25, -0.2) is 0 Å². The van der Waals surface area contributed by atoms with E-state index in [1.807, 2.05) is 0 Å². The Hall–Kier alpha value is -0.423. The Balaban J connectivity index is 1.71. The maximum atomic E-state index is 11.0. The number of hydrogen-bond acceptors (Lipinski definition) is 3. The normalized spacial score (nSPS) is 36.7. The van der Waals surface area contributed by atoms with E-state index in [1.165, 1.54) is 37.7 Å². The molecule has 37 heavy (non-hydrogen) atoms. The average molecular weight is 533 g/mol. The molecular weight excluding hydrogens is 472 g/mol. The molecule has 0 radical (unpaired) electrons. The van der Waals surface area contributed by atoms with E-state index in [9.17, 15) is 5.11 Å². The Kier molecular flexibility index (Phi) is 9.75. The van der Waals surface area contributed by atoms with Crippen LogP contribution in [0.25, 0.3) is 0 Å². The van der Waals surface area contributed by atoms with E-state index in [0.717, 1.165) is 25.9 Å². The van der Waals surface area contributed by atoms with E-state index in [-0.39, 0.29) is 23.2 Å². The molecule has 3 aliphatic rings. The maximum Gasteiger partial charge on any atom is 0.192 e. The molecule has 0 amide bonds. The van der Waals surface area contributed by atoms with E-state index < -0.39 is 8.32 Å². The van der Waals surface area contributed by atoms with Crippen LogP contribution in [0.3, 0.4) is 0 Å². The van der Waals surface area contributed by atoms with Crippen molar-refractivity contribution < 1.29 is 14.3 Å². The number of hydrogen-bond donors (Lipinski definition) is 1. The molecule has 3 saturated carbocycles. The highest BCUT2D eigenvalue weighted by molar-refractivity contribution is 6.74. The lowest BCUT2D eigenvalue weighted by Gasteiger charge is -2.44. The Morgan fingerprint density at radius 1 is 1.08 bits per heavy atom. The minimum atomic E-state index is -1.93. The van der Waals surface area contributed by atoms with E-state index in [0.29, 0.717) is 28.8 Å². The molecule has 0 aromatic rings. The third-order valence-electron chi connectivity index (χ3n) is 10.6. The van der Waals surface area contributed by atoms with Crippen LogP contribution in [0.15, 0.2) is 23.3 Å². The molecule has 7 atom stereocenters. The summed E-state index contributed by atoms with van der Waals surface area (Å²) in [7, 11) is -1.93. The molecule has 0 aliphatic heterocycles. The predicted molar refractivity (Wildman–Crippen MR) is 160 cm³/mol. The van der Waals surface area contributed by atoms with Crippen LogP contribution in [0.5, 0.6) is 0 Å². The summed E-state index contributed by atoms with van der Waals surface area (Å²) in [6, 6.07) is 0. The second-order valence-corrected chi connectivity index (χ2v) is 20.6. The summed E-state index contributed by atoms with van der Waals surface area (Å²) < 4.78 is 13.2. The summed E-state index contributed by atoms with van der Waals surface area (Å²) in [5, 5.41) is 11.1. The maximum absolute atomic E-state index is 11.0. The minimum absolute atomic E-state index is 0.0760. The van der Waals surface area contributed by atoms with Gasteiger partial charge in [0.25, 0.3) is 0 Å². The van der Waals surface area contributed by atoms with Crippen LogP contribution in [0.4, 0.5) is 0 Å². The van der Waals surface area contributed by atoms with Crippen LogP contribution in [-0.4, -0.2) is 38.3 Å². The fourth-order valence-electron chi connectivity index (χ4n) is 7.11. The molecule has 0 heterocycles. The molecule has 214 valence electrons. The fourth-order valence-corrected chi connectivity index (χ4v) is 8.44. The molecule has 0 bridgehead atoms. The smallest absolute Gasteiger partial charge is 0.192 e. The van der Waals surface area contributed by atoms with Gasteiger partial charge in [-0.05, 0) is 105 Å². The molecule has 4 heteroatoms. The van der Waals surface area contributed by atoms with Gasteiger partial charge in [-0.3, -0.25) is 0 Å². The van der Waals surface area contributed by atoms with Crippen molar-refractivity contribution in [2.24, 2.45) is 28.6 Å². The summed E-state index contributed by atoms with van der Waals surface area (Å²) in [4.78, 5) is 0. The SMILES string of the molecule is C[C@@H]1C/C(=C/C=C2\CCCC3(C)C2CCC3[C@@H](C)OCCC(C)(C)C)C[C@@H](O[Si](C)(C)C(C)(C)C)C1O. The summed E-state index contributed by atoms with van der Waals surface area (Å²) in [5.41, 5.74) is 3.80. The van der Waals surface area contributed by atoms with E-state index >= 15 is 0 Å². The molecule has 0 saturated heterocycles. The molecule has 1 N–H and O–H groups in total. The Morgan fingerprint density at radius 2 is 1.76 bits per heavy atom. The zero-order chi connectivity index (χ0) is 27.8. The van der Waals surface area contributed by atoms with Gasteiger partial charge in [0, 0.05) is 6.61 Å². The highest BCUT2D eigenvalue weighted by Crippen LogP contribution is 2.58. The van der Waals surface area contributed by atoms with Crippen LogP contribution in [0.1, 0.15) is 114 Å². The largest absolute Gasteiger partial charge is 0.411 e. The zero-order valence-corrected chi connectivity index (χ0v) is 27.2. The van der Waals surface area contributed by atoms with E-state index in [4.69, 9.17) is 9.16 Å². The summed E-state index contributed by atoms with van der Waals surface area (Å²) in [6.45, 7) is 26.3. The van der Waals surface area contributed by atoms with Crippen LogP contribution in [-0.2, 0) is 9.16 Å². The number of aliphatic hydroxyl groups excluding tert-OH is 1. The average Bonchev–Trinajstić information content (AvgIpc) is 3.11. The number of allylic oxidation sites excluding steroid dienone is 3. The second-order valence-electron chi connectivity index (χ2n) is 15.8. The molecule has 0 aromatic heterocycles. The van der Waals surface area contributed by atoms with Gasteiger partial charge in [0.05, 0.1) is 18.3 Å². The van der Waals surface area contributed by atoms with Crippen molar-refractivity contribution in [3.8, 4) is 0 Å². The molecular formula is C33H60O3Si. The highest BCUT2D eigenvalue weighted by Gasteiger charge is 2.51. The van der Waals surface area contributed by atoms with Crippen LogP contribution < -0.4 is 0 Å². The monoisotopic (exact) mass is 532 g/mol. The van der Waals surface area contributed by atoms with Crippen LogP contribution in [0.2, 0.25) is 18.1 Å². The second kappa shape index (κ2) is 11.6. The number of fused-ring (bicyclic) bond motifs is 1. The van der Waals surface area contributed by atoms with Crippen molar-refractivity contribution in [1.82, 2.24) is 0 Å². The Labute approximate surface area is 231 Å². The van der Waals surface area contributed by atoms with Gasteiger partial charge >= 0.3 is 0 Å². The Bertz CT molecular complexity index is 829. The molecule has 3 nitrogen and oxygen atoms in total. The van der Waals surface area contributed by atoms with Crippen molar-refractivity contribution in [1.29, 1.82) is 0 Å². The van der Waals surface area contributed by atoms with Gasteiger partial charge in [-0.2, -0.15) is 0 Å². The lowest BCUT2D eigenvalue weighted by Crippen LogP contribution is -2.49. The van der Waals surface area contributed by atoms with Gasteiger partial charge < -0.3 is 14.3 Å². The zero-order valence-electron chi connectivity index (χ0n) is 26.2. The third-order valence-corrected chi connectivity index (χ3v) is 15.1. The van der Waals surface area contributed by atoms with Crippen molar-refractivity contribution in [2.75, 3.05) is 6.61 Å². The first-order valence-corrected chi connectivity index (χ1v) is 18.2. The summed E-state index contributed by atoms with van der Waals surface area (Å²) >= 11 is 0. The molecule has 4 unspecified atom stereocenters. The molecule has 0 spiro atoms. The topological polar surface area (TPSA) is 38.7 Å². The lowest BCUT2D eigenvalue weighted by atomic mass is 9.62. The quantitative estimate of drug-likeness (QED) is 0.332. The van der Waals surface area contributed by atoms with Crippen molar-refractivity contribution >= 4 is 8.32 Å². The minimum Gasteiger partial charge on any atom is -0.411 e. The molecule has 0 aromatic carbocycles. The number of aliphatic hydroxyl groups is 1. The third kappa shape index (κ3) is 7.41. The van der Waals surface area contributed by atoms with Gasteiger partial charge in [0.15, 0.2) is 8.32 Å². The van der Waals surface area contributed by atoms with Gasteiger partial charge in [0.2, 0.25) is 0 Å². The predicted octanol–water partition coefficient (Wildman–Crippen LogP) is 9.08. The highest BCUT2D eigenvalue weighted by atomic mass is 28.4. The molecule has 3 aliphatic carbocycles. The molecule has 3 fully saturated rings. The van der Waals surface area contributed by atoms with Crippen LogP contribution in [0, 0.1) is 28.6 Å². The van der Waals surface area contributed by atoms with Gasteiger partial charge in [0.1, 0.15) is 0 Å². The van der Waals surface area contributed by atoms with E-state index in [2.05, 4.69) is 87.6 Å². The fraction of sp³-hybridized carbons (Fsp3) is 0.879. The first kappa shape index (κ1) is 31.1. The van der Waals surface area contributed by atoms with Gasteiger partial charge in [-0.15, -0.1) is 0 Å². The van der Waals surface area contributed by atoms with Gasteiger partial charge in [-0.1, -0.05) is 78.7 Å².